The zero-order valence-corrected chi connectivity index (χ0v) is 16.2. The lowest BCUT2D eigenvalue weighted by Gasteiger charge is -2.52. The molecule has 0 aliphatic carbocycles. The van der Waals surface area contributed by atoms with Gasteiger partial charge in [-0.05, 0) is 36.6 Å². The number of halogens is 3. The lowest BCUT2D eigenvalue weighted by atomic mass is 9.63. The summed E-state index contributed by atoms with van der Waals surface area (Å²) in [6.07, 6.45) is 0.920. The van der Waals surface area contributed by atoms with Gasteiger partial charge in [0.2, 0.25) is 0 Å². The number of rotatable bonds is 5. The van der Waals surface area contributed by atoms with E-state index in [0.29, 0.717) is 24.2 Å². The van der Waals surface area contributed by atoms with Crippen LogP contribution in [0.1, 0.15) is 30.9 Å². The predicted molar refractivity (Wildman–Crippen MR) is 103 cm³/mol. The highest BCUT2D eigenvalue weighted by atomic mass is 19.4. The average molecular weight is 407 g/mol. The number of pyridine rings is 1. The molecule has 1 atom stereocenters. The van der Waals surface area contributed by atoms with E-state index in [0.717, 1.165) is 31.6 Å². The molecule has 1 aromatic heterocycles. The highest BCUT2D eigenvalue weighted by Gasteiger charge is 2.53. The van der Waals surface area contributed by atoms with Gasteiger partial charge in [0.05, 0.1) is 11.9 Å². The van der Waals surface area contributed by atoms with Gasteiger partial charge in [0.1, 0.15) is 11.4 Å². The van der Waals surface area contributed by atoms with Gasteiger partial charge in [-0.2, -0.15) is 0 Å². The van der Waals surface area contributed by atoms with Crippen LogP contribution in [-0.4, -0.2) is 42.6 Å². The van der Waals surface area contributed by atoms with Crippen LogP contribution in [0.5, 0.6) is 5.75 Å². The molecule has 2 saturated heterocycles. The summed E-state index contributed by atoms with van der Waals surface area (Å²) in [5.41, 5.74) is 0.167. The molecule has 29 heavy (non-hydrogen) atoms. The highest BCUT2D eigenvalue weighted by molar-refractivity contribution is 5.51. The molecule has 4 rings (SSSR count). The Morgan fingerprint density at radius 1 is 1.07 bits per heavy atom. The Bertz CT molecular complexity index is 862. The minimum absolute atomic E-state index is 0.315. The number of benzene rings is 1. The Hall–Kier alpha value is -2.32. The Balaban J connectivity index is 1.73. The number of ether oxygens (including phenoxy) is 1. The fraction of sp³-hybridized carbons (Fsp3) is 0.476. The third-order valence-electron chi connectivity index (χ3n) is 6.02. The topological polar surface area (TPSA) is 57.6 Å². The fourth-order valence-electron chi connectivity index (χ4n) is 4.29. The number of nitrogens with zero attached hydrogens (tertiary/aromatic N) is 2. The van der Waals surface area contributed by atoms with Crippen LogP contribution in [-0.2, 0) is 5.60 Å². The molecule has 0 bridgehead atoms. The Morgan fingerprint density at radius 2 is 1.72 bits per heavy atom. The van der Waals surface area contributed by atoms with Crippen molar-refractivity contribution in [2.45, 2.75) is 31.7 Å². The van der Waals surface area contributed by atoms with Gasteiger partial charge in [0.15, 0.2) is 0 Å². The van der Waals surface area contributed by atoms with E-state index in [1.165, 1.54) is 24.3 Å². The molecule has 3 heterocycles. The van der Waals surface area contributed by atoms with Crippen molar-refractivity contribution >= 4 is 5.69 Å². The second-order valence-electron chi connectivity index (χ2n) is 8.07. The third-order valence-corrected chi connectivity index (χ3v) is 6.02. The summed E-state index contributed by atoms with van der Waals surface area (Å²) in [6.45, 7) is 5.03. The van der Waals surface area contributed by atoms with E-state index in [1.807, 2.05) is 13.0 Å². The van der Waals surface area contributed by atoms with E-state index in [1.54, 1.807) is 12.4 Å². The Morgan fingerprint density at radius 3 is 2.28 bits per heavy atom. The molecule has 0 saturated carbocycles. The van der Waals surface area contributed by atoms with Crippen molar-refractivity contribution in [3.05, 3.63) is 53.9 Å². The van der Waals surface area contributed by atoms with Gasteiger partial charge < -0.3 is 20.1 Å². The van der Waals surface area contributed by atoms with Crippen molar-refractivity contribution in [2.75, 3.05) is 31.1 Å². The molecule has 1 aromatic carbocycles. The first-order chi connectivity index (χ1) is 13.7. The van der Waals surface area contributed by atoms with Crippen molar-refractivity contribution in [1.29, 1.82) is 0 Å². The highest BCUT2D eigenvalue weighted by Crippen LogP contribution is 2.48. The van der Waals surface area contributed by atoms with E-state index in [4.69, 9.17) is 0 Å². The van der Waals surface area contributed by atoms with Crippen LogP contribution in [0.2, 0.25) is 0 Å². The second-order valence-corrected chi connectivity index (χ2v) is 8.07. The van der Waals surface area contributed by atoms with Gasteiger partial charge in [-0.25, -0.2) is 0 Å². The van der Waals surface area contributed by atoms with E-state index in [2.05, 4.69) is 19.9 Å². The summed E-state index contributed by atoms with van der Waals surface area (Å²) in [5.74, 6) is -0.315. The van der Waals surface area contributed by atoms with Gasteiger partial charge in [0.25, 0.3) is 0 Å². The number of aliphatic hydroxyl groups is 1. The first-order valence-electron chi connectivity index (χ1n) is 9.71. The number of nitrogens with one attached hydrogen (secondary N) is 1. The van der Waals surface area contributed by atoms with Gasteiger partial charge in [0, 0.05) is 43.4 Å². The predicted octanol–water partition coefficient (Wildman–Crippen LogP) is 3.43. The Kier molecular flexibility index (Phi) is 4.94. The first kappa shape index (κ1) is 20.0. The van der Waals surface area contributed by atoms with Crippen molar-refractivity contribution in [3.8, 4) is 5.75 Å². The van der Waals surface area contributed by atoms with E-state index < -0.39 is 17.4 Å². The summed E-state index contributed by atoms with van der Waals surface area (Å²) in [6, 6.07) is 7.41. The Labute approximate surface area is 167 Å². The molecule has 2 aliphatic rings. The smallest absolute Gasteiger partial charge is 0.406 e. The zero-order valence-electron chi connectivity index (χ0n) is 16.2. The molecule has 0 unspecified atom stereocenters. The molecule has 2 fully saturated rings. The third kappa shape index (κ3) is 3.67. The molecule has 8 heteroatoms. The summed E-state index contributed by atoms with van der Waals surface area (Å²) in [7, 11) is 0. The van der Waals surface area contributed by atoms with Gasteiger partial charge in [-0.3, -0.25) is 4.98 Å². The summed E-state index contributed by atoms with van der Waals surface area (Å²) in [4.78, 5) is 6.60. The molecule has 0 amide bonds. The van der Waals surface area contributed by atoms with Crippen molar-refractivity contribution in [1.82, 2.24) is 10.3 Å². The van der Waals surface area contributed by atoms with Crippen molar-refractivity contribution in [2.24, 2.45) is 5.41 Å². The lowest BCUT2D eigenvalue weighted by Crippen LogP contribution is -2.63. The molecular weight excluding hydrogens is 383 g/mol. The van der Waals surface area contributed by atoms with Gasteiger partial charge >= 0.3 is 6.36 Å². The molecule has 0 radical (unpaired) electrons. The van der Waals surface area contributed by atoms with Crippen LogP contribution < -0.4 is 15.0 Å². The number of aromatic nitrogens is 1. The maximum atomic E-state index is 12.5. The second kappa shape index (κ2) is 7.18. The van der Waals surface area contributed by atoms with Crippen LogP contribution >= 0.6 is 0 Å². The number of hydrogen-bond donors (Lipinski definition) is 2. The van der Waals surface area contributed by atoms with Crippen LogP contribution in [0.4, 0.5) is 18.9 Å². The van der Waals surface area contributed by atoms with Crippen LogP contribution in [0, 0.1) is 5.41 Å². The zero-order chi connectivity index (χ0) is 20.7. The maximum Gasteiger partial charge on any atom is 0.573 e. The standard InChI is InChI=1S/C21H24F3N3O2/c1-19(13-26-14-19)20(28,15-4-6-18(7-5-15)29-21(22,23)24)16-10-17(12-25-11-16)27-8-2-3-9-27/h4-7,10-12,26,28H,2-3,8-9,13-14H2,1H3/t20-/m0/s1. The number of alkyl halides is 3. The molecule has 2 N–H and O–H groups in total. The number of anilines is 1. The van der Waals surface area contributed by atoms with E-state index >= 15 is 0 Å². The molecule has 2 aliphatic heterocycles. The average Bonchev–Trinajstić information content (AvgIpc) is 3.20. The van der Waals surface area contributed by atoms with Crippen molar-refractivity contribution < 1.29 is 23.0 Å². The SMILES string of the molecule is CC1([C@](O)(c2ccc(OC(F)(F)F)cc2)c2cncc(N3CCCC3)c2)CNC1. The molecule has 5 nitrogen and oxygen atoms in total. The van der Waals surface area contributed by atoms with Crippen molar-refractivity contribution in [3.63, 3.8) is 0 Å². The minimum Gasteiger partial charge on any atom is -0.406 e. The van der Waals surface area contributed by atoms with E-state index in [9.17, 15) is 18.3 Å². The normalized spacial score (nSPS) is 20.8. The molecule has 0 spiro atoms. The summed E-state index contributed by atoms with van der Waals surface area (Å²) >= 11 is 0. The monoisotopic (exact) mass is 407 g/mol. The quantitative estimate of drug-likeness (QED) is 0.796. The lowest BCUT2D eigenvalue weighted by molar-refractivity contribution is -0.274. The first-order valence-corrected chi connectivity index (χ1v) is 9.71. The largest absolute Gasteiger partial charge is 0.573 e. The van der Waals surface area contributed by atoms with Gasteiger partial charge in [-0.15, -0.1) is 13.2 Å². The minimum atomic E-state index is -4.75. The molecular formula is C21H24F3N3O2. The molecule has 156 valence electrons. The van der Waals surface area contributed by atoms with E-state index in [-0.39, 0.29) is 5.75 Å². The van der Waals surface area contributed by atoms with Crippen LogP contribution in [0.15, 0.2) is 42.7 Å². The molecule has 2 aromatic rings. The summed E-state index contributed by atoms with van der Waals surface area (Å²) < 4.78 is 41.5. The van der Waals surface area contributed by atoms with Crippen LogP contribution in [0.3, 0.4) is 0 Å². The number of hydrogen-bond acceptors (Lipinski definition) is 5. The van der Waals surface area contributed by atoms with Crippen LogP contribution in [0.25, 0.3) is 0 Å². The maximum absolute atomic E-state index is 12.5. The summed E-state index contributed by atoms with van der Waals surface area (Å²) in [5, 5.41) is 15.2. The van der Waals surface area contributed by atoms with Gasteiger partial charge in [-0.1, -0.05) is 19.1 Å². The fourth-order valence-corrected chi connectivity index (χ4v) is 4.29.